The third-order valence-corrected chi connectivity index (χ3v) is 5.23. The van der Waals surface area contributed by atoms with Crippen LogP contribution in [-0.4, -0.2) is 60.3 Å². The number of hydrogen-bond acceptors (Lipinski definition) is 5. The number of carbonyl (C=O) groups excluding carboxylic acids is 1. The number of fused-ring (bicyclic) bond motifs is 1. The molecule has 0 bridgehead atoms. The van der Waals surface area contributed by atoms with Crippen LogP contribution >= 0.6 is 0 Å². The summed E-state index contributed by atoms with van der Waals surface area (Å²) in [5, 5.41) is 11.2. The Labute approximate surface area is 163 Å². The number of nitrogens with zero attached hydrogens (tertiary/aromatic N) is 2. The van der Waals surface area contributed by atoms with Crippen molar-refractivity contribution in [2.45, 2.75) is 6.54 Å². The van der Waals surface area contributed by atoms with Crippen molar-refractivity contribution in [2.75, 3.05) is 40.0 Å². The number of phenols is 1. The van der Waals surface area contributed by atoms with E-state index in [0.29, 0.717) is 28.9 Å². The zero-order valence-corrected chi connectivity index (χ0v) is 15.9. The van der Waals surface area contributed by atoms with Gasteiger partial charge in [-0.15, -0.1) is 0 Å². The van der Waals surface area contributed by atoms with Crippen molar-refractivity contribution in [3.63, 3.8) is 0 Å². The Hall–Kier alpha value is -2.83. The van der Waals surface area contributed by atoms with Crippen molar-refractivity contribution in [1.29, 1.82) is 0 Å². The van der Waals surface area contributed by atoms with Gasteiger partial charge in [0.1, 0.15) is 11.5 Å². The predicted molar refractivity (Wildman–Crippen MR) is 107 cm³/mol. The zero-order chi connectivity index (χ0) is 19.5. The maximum atomic E-state index is 13.1. The summed E-state index contributed by atoms with van der Waals surface area (Å²) in [5.74, 6) is 0.832. The average molecular weight is 380 g/mol. The van der Waals surface area contributed by atoms with Crippen molar-refractivity contribution in [3.05, 3.63) is 59.8 Å². The van der Waals surface area contributed by atoms with Gasteiger partial charge in [-0.05, 0) is 30.3 Å². The molecule has 1 aliphatic rings. The highest BCUT2D eigenvalue weighted by Crippen LogP contribution is 2.30. The summed E-state index contributed by atoms with van der Waals surface area (Å²) in [6.45, 7) is 4.85. The Bertz CT molecular complexity index is 972. The Balaban J connectivity index is 1.66. The van der Waals surface area contributed by atoms with Crippen LogP contribution < -0.4 is 4.74 Å². The Morgan fingerprint density at radius 3 is 2.57 bits per heavy atom. The smallest absolute Gasteiger partial charge is 0.195 e. The van der Waals surface area contributed by atoms with Gasteiger partial charge >= 0.3 is 0 Å². The number of rotatable bonds is 6. The topological polar surface area (TPSA) is 63.9 Å². The molecule has 0 saturated carbocycles. The van der Waals surface area contributed by atoms with Crippen molar-refractivity contribution in [2.24, 2.45) is 0 Å². The number of morpholine rings is 1. The molecule has 0 atom stereocenters. The monoisotopic (exact) mass is 380 g/mol. The highest BCUT2D eigenvalue weighted by Gasteiger charge is 2.19. The van der Waals surface area contributed by atoms with Gasteiger partial charge in [0.2, 0.25) is 0 Å². The lowest BCUT2D eigenvalue weighted by atomic mass is 10.0. The fourth-order valence-electron chi connectivity index (χ4n) is 3.67. The third kappa shape index (κ3) is 3.61. The number of carbonyl (C=O) groups is 1. The molecule has 0 amide bonds. The summed E-state index contributed by atoms with van der Waals surface area (Å²) in [5.41, 5.74) is 1.89. The van der Waals surface area contributed by atoms with Crippen molar-refractivity contribution in [1.82, 2.24) is 9.47 Å². The second kappa shape index (κ2) is 8.04. The minimum absolute atomic E-state index is 0.0663. The van der Waals surface area contributed by atoms with Crippen LogP contribution in [0.1, 0.15) is 15.9 Å². The number of aromatic hydroxyl groups is 1. The molecule has 1 aromatic heterocycles. The van der Waals surface area contributed by atoms with Crippen LogP contribution in [0.5, 0.6) is 11.5 Å². The first-order valence-electron chi connectivity index (χ1n) is 9.47. The van der Waals surface area contributed by atoms with E-state index in [9.17, 15) is 9.90 Å². The number of phenolic OH excluding ortho intramolecular Hbond substituents is 1. The van der Waals surface area contributed by atoms with Crippen LogP contribution in [0.15, 0.2) is 48.7 Å². The van der Waals surface area contributed by atoms with Crippen LogP contribution in [0, 0.1) is 0 Å². The van der Waals surface area contributed by atoms with Crippen LogP contribution in [0.2, 0.25) is 0 Å². The molecule has 28 heavy (non-hydrogen) atoms. The van der Waals surface area contributed by atoms with Gasteiger partial charge in [-0.25, -0.2) is 0 Å². The summed E-state index contributed by atoms with van der Waals surface area (Å²) < 4.78 is 12.6. The molecule has 4 rings (SSSR count). The molecule has 6 heteroatoms. The predicted octanol–water partition coefficient (Wildman–Crippen LogP) is 2.92. The molecule has 2 heterocycles. The number of para-hydroxylation sites is 1. The number of methoxy groups -OCH3 is 1. The first kappa shape index (κ1) is 18.5. The standard InChI is InChI=1S/C22H24N2O4/c1-27-17-7-5-16(6-8-17)22(26)19-15-24(10-9-23-11-13-28-14-12-23)21-18(19)3-2-4-20(21)25/h2-8,15,25H,9-14H2,1H3. The summed E-state index contributed by atoms with van der Waals surface area (Å²) >= 11 is 0. The van der Waals surface area contributed by atoms with Crippen LogP contribution in [0.4, 0.5) is 0 Å². The van der Waals surface area contributed by atoms with Gasteiger partial charge in [-0.1, -0.05) is 12.1 Å². The molecule has 3 aromatic rings. The maximum Gasteiger partial charge on any atom is 0.195 e. The fourth-order valence-corrected chi connectivity index (χ4v) is 3.67. The molecule has 2 aromatic carbocycles. The van der Waals surface area contributed by atoms with Gasteiger partial charge in [-0.3, -0.25) is 9.69 Å². The number of ether oxygens (including phenoxy) is 2. The van der Waals surface area contributed by atoms with E-state index in [2.05, 4.69) is 4.90 Å². The maximum absolute atomic E-state index is 13.1. The molecular formula is C22H24N2O4. The van der Waals surface area contributed by atoms with Crippen molar-refractivity contribution < 1.29 is 19.4 Å². The summed E-state index contributed by atoms with van der Waals surface area (Å²) in [4.78, 5) is 15.5. The largest absolute Gasteiger partial charge is 0.506 e. The van der Waals surface area contributed by atoms with Crippen LogP contribution in [0.25, 0.3) is 10.9 Å². The summed E-state index contributed by atoms with van der Waals surface area (Å²) in [6.07, 6.45) is 1.86. The number of hydrogen-bond donors (Lipinski definition) is 1. The molecule has 1 saturated heterocycles. The summed E-state index contributed by atoms with van der Waals surface area (Å²) in [7, 11) is 1.60. The van der Waals surface area contributed by atoms with Crippen LogP contribution in [-0.2, 0) is 11.3 Å². The average Bonchev–Trinajstić information content (AvgIpc) is 3.12. The Morgan fingerprint density at radius 1 is 1.11 bits per heavy atom. The Kier molecular flexibility index (Phi) is 5.32. The minimum atomic E-state index is -0.0663. The lowest BCUT2D eigenvalue weighted by molar-refractivity contribution is 0.0365. The van der Waals surface area contributed by atoms with Gasteiger partial charge in [0.05, 0.1) is 25.8 Å². The molecule has 0 spiro atoms. The lowest BCUT2D eigenvalue weighted by Crippen LogP contribution is -2.38. The van der Waals surface area contributed by atoms with E-state index >= 15 is 0 Å². The zero-order valence-electron chi connectivity index (χ0n) is 15.9. The molecule has 0 radical (unpaired) electrons. The molecule has 1 fully saturated rings. The van der Waals surface area contributed by atoms with E-state index in [-0.39, 0.29) is 11.5 Å². The first-order valence-corrected chi connectivity index (χ1v) is 9.47. The highest BCUT2D eigenvalue weighted by atomic mass is 16.5. The van der Waals surface area contributed by atoms with E-state index in [1.165, 1.54) is 0 Å². The van der Waals surface area contributed by atoms with E-state index in [0.717, 1.165) is 38.2 Å². The molecule has 146 valence electrons. The van der Waals surface area contributed by atoms with Gasteiger partial charge in [-0.2, -0.15) is 0 Å². The molecule has 0 unspecified atom stereocenters. The lowest BCUT2D eigenvalue weighted by Gasteiger charge is -2.26. The van der Waals surface area contributed by atoms with E-state index in [1.807, 2.05) is 16.8 Å². The second-order valence-electron chi connectivity index (χ2n) is 6.92. The molecular weight excluding hydrogens is 356 g/mol. The van der Waals surface area contributed by atoms with E-state index in [1.54, 1.807) is 43.5 Å². The number of ketones is 1. The van der Waals surface area contributed by atoms with E-state index in [4.69, 9.17) is 9.47 Å². The third-order valence-electron chi connectivity index (χ3n) is 5.23. The highest BCUT2D eigenvalue weighted by molar-refractivity contribution is 6.17. The molecule has 0 aliphatic carbocycles. The SMILES string of the molecule is COc1ccc(C(=O)c2cn(CCN3CCOCC3)c3c(O)cccc23)cc1. The van der Waals surface area contributed by atoms with Gasteiger partial charge in [0.25, 0.3) is 0 Å². The van der Waals surface area contributed by atoms with Gasteiger partial charge < -0.3 is 19.1 Å². The second-order valence-corrected chi connectivity index (χ2v) is 6.92. The fraction of sp³-hybridized carbons (Fsp3) is 0.318. The Morgan fingerprint density at radius 2 is 1.86 bits per heavy atom. The molecule has 6 nitrogen and oxygen atoms in total. The van der Waals surface area contributed by atoms with Crippen molar-refractivity contribution in [3.8, 4) is 11.5 Å². The quantitative estimate of drug-likeness (QED) is 0.666. The molecule has 1 N–H and O–H groups in total. The summed E-state index contributed by atoms with van der Waals surface area (Å²) in [6, 6.07) is 12.4. The van der Waals surface area contributed by atoms with Gasteiger partial charge in [0, 0.05) is 48.9 Å². The normalized spacial score (nSPS) is 15.0. The number of benzene rings is 2. The van der Waals surface area contributed by atoms with Crippen LogP contribution in [0.3, 0.4) is 0 Å². The molecule has 1 aliphatic heterocycles. The minimum Gasteiger partial charge on any atom is -0.506 e. The van der Waals surface area contributed by atoms with Crippen molar-refractivity contribution >= 4 is 16.7 Å². The first-order chi connectivity index (χ1) is 13.7. The number of aromatic nitrogens is 1. The van der Waals surface area contributed by atoms with Gasteiger partial charge in [0.15, 0.2) is 5.78 Å². The van der Waals surface area contributed by atoms with E-state index < -0.39 is 0 Å².